The van der Waals surface area contributed by atoms with Gasteiger partial charge in [-0.05, 0) is 41.5 Å². The molecule has 1 heterocycles. The standard InChI is InChI=1S/C16H14N2O4/c19-14-3-1-2-10(7-14)15(20)17-18-16(21)11-4-5-12-8-22-9-13(12)6-11/h1-7,19H,8-9H2,(H,17,20)(H,18,21). The van der Waals surface area contributed by atoms with Gasteiger partial charge in [0.2, 0.25) is 0 Å². The Kier molecular flexibility index (Phi) is 3.76. The van der Waals surface area contributed by atoms with Gasteiger partial charge in [0.15, 0.2) is 0 Å². The van der Waals surface area contributed by atoms with Crippen LogP contribution in [0.3, 0.4) is 0 Å². The molecule has 1 aliphatic rings. The average molecular weight is 298 g/mol. The predicted molar refractivity (Wildman–Crippen MR) is 78.0 cm³/mol. The average Bonchev–Trinajstić information content (AvgIpc) is 2.99. The van der Waals surface area contributed by atoms with E-state index in [1.54, 1.807) is 18.2 Å². The molecule has 2 amide bonds. The molecule has 0 saturated heterocycles. The minimum Gasteiger partial charge on any atom is -0.508 e. The first-order valence-electron chi connectivity index (χ1n) is 6.73. The highest BCUT2D eigenvalue weighted by molar-refractivity contribution is 5.99. The van der Waals surface area contributed by atoms with Crippen LogP contribution >= 0.6 is 0 Å². The summed E-state index contributed by atoms with van der Waals surface area (Å²) >= 11 is 0. The first-order chi connectivity index (χ1) is 10.6. The Morgan fingerprint density at radius 3 is 2.32 bits per heavy atom. The maximum absolute atomic E-state index is 12.0. The van der Waals surface area contributed by atoms with Gasteiger partial charge in [-0.3, -0.25) is 20.4 Å². The zero-order valence-electron chi connectivity index (χ0n) is 11.6. The van der Waals surface area contributed by atoms with Crippen molar-refractivity contribution in [3.63, 3.8) is 0 Å². The molecule has 0 aromatic heterocycles. The van der Waals surface area contributed by atoms with Crippen LogP contribution < -0.4 is 10.9 Å². The van der Waals surface area contributed by atoms with Crippen molar-refractivity contribution in [3.8, 4) is 5.75 Å². The lowest BCUT2D eigenvalue weighted by Crippen LogP contribution is -2.41. The highest BCUT2D eigenvalue weighted by Crippen LogP contribution is 2.20. The monoisotopic (exact) mass is 298 g/mol. The molecule has 112 valence electrons. The van der Waals surface area contributed by atoms with E-state index in [1.165, 1.54) is 18.2 Å². The summed E-state index contributed by atoms with van der Waals surface area (Å²) in [6.07, 6.45) is 0. The summed E-state index contributed by atoms with van der Waals surface area (Å²) < 4.78 is 5.29. The lowest BCUT2D eigenvalue weighted by Gasteiger charge is -2.08. The van der Waals surface area contributed by atoms with Crippen LogP contribution in [-0.4, -0.2) is 16.9 Å². The molecular formula is C16H14N2O4. The number of fused-ring (bicyclic) bond motifs is 1. The smallest absolute Gasteiger partial charge is 0.269 e. The van der Waals surface area contributed by atoms with E-state index >= 15 is 0 Å². The van der Waals surface area contributed by atoms with Gasteiger partial charge in [-0.25, -0.2) is 0 Å². The molecule has 2 aromatic rings. The van der Waals surface area contributed by atoms with Crippen LogP contribution in [0.4, 0.5) is 0 Å². The lowest BCUT2D eigenvalue weighted by molar-refractivity contribution is 0.0846. The van der Waals surface area contributed by atoms with Gasteiger partial charge in [0, 0.05) is 11.1 Å². The molecule has 0 radical (unpaired) electrons. The molecular weight excluding hydrogens is 284 g/mol. The van der Waals surface area contributed by atoms with Crippen molar-refractivity contribution in [2.45, 2.75) is 13.2 Å². The van der Waals surface area contributed by atoms with Gasteiger partial charge >= 0.3 is 0 Å². The van der Waals surface area contributed by atoms with Crippen molar-refractivity contribution in [2.75, 3.05) is 0 Å². The molecule has 6 heteroatoms. The molecule has 2 aromatic carbocycles. The molecule has 0 fully saturated rings. The number of amides is 2. The van der Waals surface area contributed by atoms with E-state index in [9.17, 15) is 14.7 Å². The van der Waals surface area contributed by atoms with Crippen LogP contribution in [0.2, 0.25) is 0 Å². The third-order valence-corrected chi connectivity index (χ3v) is 3.38. The van der Waals surface area contributed by atoms with Gasteiger partial charge in [0.05, 0.1) is 13.2 Å². The highest BCUT2D eigenvalue weighted by atomic mass is 16.5. The van der Waals surface area contributed by atoms with E-state index in [0.29, 0.717) is 18.8 Å². The van der Waals surface area contributed by atoms with Crippen molar-refractivity contribution in [1.82, 2.24) is 10.9 Å². The fourth-order valence-corrected chi connectivity index (χ4v) is 2.22. The van der Waals surface area contributed by atoms with Gasteiger partial charge in [-0.15, -0.1) is 0 Å². The highest BCUT2D eigenvalue weighted by Gasteiger charge is 2.15. The number of carbonyl (C=O) groups excluding carboxylic acids is 2. The molecule has 0 spiro atoms. The van der Waals surface area contributed by atoms with Crippen molar-refractivity contribution < 1.29 is 19.4 Å². The Balaban J connectivity index is 1.64. The first-order valence-corrected chi connectivity index (χ1v) is 6.73. The molecule has 3 rings (SSSR count). The Hall–Kier alpha value is -2.86. The van der Waals surface area contributed by atoms with Gasteiger partial charge < -0.3 is 9.84 Å². The second-order valence-electron chi connectivity index (χ2n) is 4.93. The minimum atomic E-state index is -0.506. The maximum atomic E-state index is 12.0. The minimum absolute atomic E-state index is 0.0161. The normalized spacial score (nSPS) is 12.5. The quantitative estimate of drug-likeness (QED) is 0.733. The van der Waals surface area contributed by atoms with E-state index in [1.807, 2.05) is 6.07 Å². The van der Waals surface area contributed by atoms with Crippen molar-refractivity contribution in [3.05, 3.63) is 64.7 Å². The van der Waals surface area contributed by atoms with Crippen LogP contribution in [0.25, 0.3) is 0 Å². The van der Waals surface area contributed by atoms with Gasteiger partial charge in [-0.2, -0.15) is 0 Å². The number of hydrazine groups is 1. The topological polar surface area (TPSA) is 87.7 Å². The number of rotatable bonds is 2. The van der Waals surface area contributed by atoms with Crippen molar-refractivity contribution in [2.24, 2.45) is 0 Å². The molecule has 0 bridgehead atoms. The maximum Gasteiger partial charge on any atom is 0.269 e. The summed E-state index contributed by atoms with van der Waals surface area (Å²) in [6, 6.07) is 11.1. The number of aromatic hydroxyl groups is 1. The summed E-state index contributed by atoms with van der Waals surface area (Å²) in [7, 11) is 0. The molecule has 6 nitrogen and oxygen atoms in total. The van der Waals surface area contributed by atoms with Crippen LogP contribution in [0.5, 0.6) is 5.75 Å². The Bertz CT molecular complexity index is 743. The number of phenols is 1. The van der Waals surface area contributed by atoms with Crippen LogP contribution in [0.1, 0.15) is 31.8 Å². The van der Waals surface area contributed by atoms with E-state index in [0.717, 1.165) is 11.1 Å². The third kappa shape index (κ3) is 2.91. The molecule has 1 aliphatic heterocycles. The van der Waals surface area contributed by atoms with E-state index in [2.05, 4.69) is 10.9 Å². The SMILES string of the molecule is O=C(NNC(=O)c1ccc2c(c1)COC2)c1cccc(O)c1. The Labute approximate surface area is 126 Å². The van der Waals surface area contributed by atoms with Crippen molar-refractivity contribution >= 4 is 11.8 Å². The van der Waals surface area contributed by atoms with Gasteiger partial charge in [0.1, 0.15) is 5.75 Å². The fraction of sp³-hybridized carbons (Fsp3) is 0.125. The first kappa shape index (κ1) is 14.1. The van der Waals surface area contributed by atoms with Gasteiger partial charge in [-0.1, -0.05) is 12.1 Å². The number of phenolic OH excluding ortho intramolecular Hbond substituents is 1. The van der Waals surface area contributed by atoms with Gasteiger partial charge in [0.25, 0.3) is 11.8 Å². The molecule has 0 atom stereocenters. The number of hydrogen-bond donors (Lipinski definition) is 3. The summed E-state index contributed by atoms with van der Waals surface area (Å²) in [4.78, 5) is 23.9. The zero-order valence-corrected chi connectivity index (χ0v) is 11.6. The van der Waals surface area contributed by atoms with E-state index in [-0.39, 0.29) is 11.3 Å². The molecule has 0 aliphatic carbocycles. The van der Waals surface area contributed by atoms with Crippen LogP contribution in [0.15, 0.2) is 42.5 Å². The van der Waals surface area contributed by atoms with Crippen LogP contribution in [-0.2, 0) is 18.0 Å². The second-order valence-corrected chi connectivity index (χ2v) is 4.93. The number of carbonyl (C=O) groups is 2. The molecule has 0 saturated carbocycles. The summed E-state index contributed by atoms with van der Waals surface area (Å²) in [5.74, 6) is -0.936. The molecule has 22 heavy (non-hydrogen) atoms. The second kappa shape index (κ2) is 5.87. The Morgan fingerprint density at radius 2 is 1.59 bits per heavy atom. The number of ether oxygens (including phenoxy) is 1. The molecule has 3 N–H and O–H groups in total. The lowest BCUT2D eigenvalue weighted by atomic mass is 10.1. The number of benzene rings is 2. The summed E-state index contributed by atoms with van der Waals surface area (Å²) in [5, 5.41) is 9.33. The zero-order chi connectivity index (χ0) is 15.5. The third-order valence-electron chi connectivity index (χ3n) is 3.38. The van der Waals surface area contributed by atoms with E-state index in [4.69, 9.17) is 4.74 Å². The van der Waals surface area contributed by atoms with Crippen LogP contribution in [0, 0.1) is 0 Å². The fourth-order valence-electron chi connectivity index (χ4n) is 2.22. The Morgan fingerprint density at radius 1 is 0.909 bits per heavy atom. The largest absolute Gasteiger partial charge is 0.508 e. The number of hydrogen-bond acceptors (Lipinski definition) is 4. The summed E-state index contributed by atoms with van der Waals surface area (Å²) in [5.41, 5.74) is 7.40. The molecule has 0 unspecified atom stereocenters. The predicted octanol–water partition coefficient (Wildman–Crippen LogP) is 1.50. The summed E-state index contributed by atoms with van der Waals surface area (Å²) in [6.45, 7) is 1.05. The number of nitrogens with one attached hydrogen (secondary N) is 2. The van der Waals surface area contributed by atoms with E-state index < -0.39 is 11.8 Å². The van der Waals surface area contributed by atoms with Crippen molar-refractivity contribution in [1.29, 1.82) is 0 Å².